The standard InChI is InChI=1S/C21H26N2O4/c1-21(2,3)27-20(25)23-14-8-12-18(24)17-11-7-13-22-19(17)26-15-16-9-5-4-6-10-16/h4-7,9-11,13H,8,12,14-15H2,1-3H3,(H,23,25). The van der Waals surface area contributed by atoms with E-state index in [1.54, 1.807) is 39.1 Å². The lowest BCUT2D eigenvalue weighted by Gasteiger charge is -2.19. The Bertz CT molecular complexity index is 754. The first kappa shape index (κ1) is 20.4. The summed E-state index contributed by atoms with van der Waals surface area (Å²) < 4.78 is 10.9. The molecule has 0 unspecified atom stereocenters. The number of hydrogen-bond donors (Lipinski definition) is 1. The minimum absolute atomic E-state index is 0.0721. The van der Waals surface area contributed by atoms with E-state index < -0.39 is 11.7 Å². The smallest absolute Gasteiger partial charge is 0.407 e. The number of pyridine rings is 1. The van der Waals surface area contributed by atoms with E-state index in [0.717, 1.165) is 5.56 Å². The quantitative estimate of drug-likeness (QED) is 0.558. The van der Waals surface area contributed by atoms with Gasteiger partial charge in [0.15, 0.2) is 5.78 Å². The maximum atomic E-state index is 12.5. The first-order valence-corrected chi connectivity index (χ1v) is 8.97. The van der Waals surface area contributed by atoms with Crippen LogP contribution in [0.25, 0.3) is 0 Å². The van der Waals surface area contributed by atoms with Crippen LogP contribution in [0.15, 0.2) is 48.7 Å². The number of rotatable bonds is 8. The van der Waals surface area contributed by atoms with Gasteiger partial charge in [0.2, 0.25) is 5.88 Å². The van der Waals surface area contributed by atoms with Crippen molar-refractivity contribution < 1.29 is 19.1 Å². The Morgan fingerprint density at radius 2 is 1.81 bits per heavy atom. The summed E-state index contributed by atoms with van der Waals surface area (Å²) in [6.45, 7) is 6.11. The Kier molecular flexibility index (Phi) is 7.34. The lowest BCUT2D eigenvalue weighted by atomic mass is 10.1. The van der Waals surface area contributed by atoms with Crippen LogP contribution in [0.3, 0.4) is 0 Å². The summed E-state index contributed by atoms with van der Waals surface area (Å²) in [5.74, 6) is 0.253. The molecule has 144 valence electrons. The third kappa shape index (κ3) is 7.48. The third-order valence-electron chi connectivity index (χ3n) is 3.54. The van der Waals surface area contributed by atoms with Gasteiger partial charge in [-0.15, -0.1) is 0 Å². The van der Waals surface area contributed by atoms with E-state index in [-0.39, 0.29) is 12.2 Å². The van der Waals surface area contributed by atoms with E-state index in [4.69, 9.17) is 9.47 Å². The average molecular weight is 370 g/mol. The first-order valence-electron chi connectivity index (χ1n) is 8.97. The summed E-state index contributed by atoms with van der Waals surface area (Å²) in [6.07, 6.45) is 1.90. The van der Waals surface area contributed by atoms with Gasteiger partial charge in [0, 0.05) is 19.2 Å². The summed E-state index contributed by atoms with van der Waals surface area (Å²) in [5, 5.41) is 2.65. The number of alkyl carbamates (subject to hydrolysis) is 1. The van der Waals surface area contributed by atoms with Gasteiger partial charge in [0.25, 0.3) is 0 Å². The van der Waals surface area contributed by atoms with Gasteiger partial charge in [0.05, 0.1) is 5.56 Å². The maximum Gasteiger partial charge on any atom is 0.407 e. The minimum atomic E-state index is -0.541. The summed E-state index contributed by atoms with van der Waals surface area (Å²) in [5.41, 5.74) is 0.912. The van der Waals surface area contributed by atoms with Crippen LogP contribution in [0.5, 0.6) is 5.88 Å². The molecule has 2 rings (SSSR count). The van der Waals surface area contributed by atoms with E-state index >= 15 is 0 Å². The average Bonchev–Trinajstić information content (AvgIpc) is 2.63. The number of aromatic nitrogens is 1. The van der Waals surface area contributed by atoms with Crippen molar-refractivity contribution in [3.8, 4) is 5.88 Å². The zero-order chi connectivity index (χ0) is 19.7. The van der Waals surface area contributed by atoms with Gasteiger partial charge in [-0.25, -0.2) is 9.78 Å². The number of benzene rings is 1. The zero-order valence-corrected chi connectivity index (χ0v) is 16.0. The molecule has 0 radical (unpaired) electrons. The van der Waals surface area contributed by atoms with E-state index in [9.17, 15) is 9.59 Å². The van der Waals surface area contributed by atoms with Crippen molar-refractivity contribution in [2.75, 3.05) is 6.54 Å². The van der Waals surface area contributed by atoms with Crippen molar-refractivity contribution in [1.29, 1.82) is 0 Å². The predicted molar refractivity (Wildman–Crippen MR) is 103 cm³/mol. The van der Waals surface area contributed by atoms with Crippen LogP contribution in [-0.2, 0) is 11.3 Å². The summed E-state index contributed by atoms with van der Waals surface area (Å²) in [4.78, 5) is 28.3. The van der Waals surface area contributed by atoms with E-state index in [0.29, 0.717) is 31.0 Å². The highest BCUT2D eigenvalue weighted by molar-refractivity contribution is 5.98. The van der Waals surface area contributed by atoms with Crippen LogP contribution in [0.1, 0.15) is 49.5 Å². The number of hydrogen-bond acceptors (Lipinski definition) is 5. The van der Waals surface area contributed by atoms with E-state index in [1.165, 1.54) is 0 Å². The normalized spacial score (nSPS) is 10.9. The third-order valence-corrected chi connectivity index (χ3v) is 3.54. The Hall–Kier alpha value is -2.89. The molecule has 0 saturated carbocycles. The molecule has 1 heterocycles. The van der Waals surface area contributed by atoms with Crippen LogP contribution in [0.4, 0.5) is 4.79 Å². The Morgan fingerprint density at radius 1 is 1.07 bits per heavy atom. The topological polar surface area (TPSA) is 77.5 Å². The fourth-order valence-electron chi connectivity index (χ4n) is 2.33. The van der Waals surface area contributed by atoms with Gasteiger partial charge in [0.1, 0.15) is 12.2 Å². The second-order valence-corrected chi connectivity index (χ2v) is 7.09. The number of nitrogens with zero attached hydrogens (tertiary/aromatic N) is 1. The number of Topliss-reactive ketones (excluding diaryl/α,β-unsaturated/α-hetero) is 1. The second kappa shape index (κ2) is 9.71. The molecule has 0 aliphatic carbocycles. The maximum absolute atomic E-state index is 12.5. The molecule has 2 aromatic rings. The van der Waals surface area contributed by atoms with Gasteiger partial charge in [-0.3, -0.25) is 4.79 Å². The molecule has 27 heavy (non-hydrogen) atoms. The van der Waals surface area contributed by atoms with Crippen molar-refractivity contribution in [2.45, 2.75) is 45.8 Å². The minimum Gasteiger partial charge on any atom is -0.472 e. The van der Waals surface area contributed by atoms with Gasteiger partial charge in [-0.1, -0.05) is 30.3 Å². The van der Waals surface area contributed by atoms with Crippen LogP contribution in [0.2, 0.25) is 0 Å². The molecule has 1 aromatic carbocycles. The molecule has 1 amide bonds. The monoisotopic (exact) mass is 370 g/mol. The number of amides is 1. The molecule has 0 saturated heterocycles. The first-order chi connectivity index (χ1) is 12.8. The van der Waals surface area contributed by atoms with E-state index in [2.05, 4.69) is 10.3 Å². The van der Waals surface area contributed by atoms with Crippen molar-refractivity contribution in [2.24, 2.45) is 0 Å². The van der Waals surface area contributed by atoms with Crippen molar-refractivity contribution in [1.82, 2.24) is 10.3 Å². The van der Waals surface area contributed by atoms with E-state index in [1.807, 2.05) is 30.3 Å². The lowest BCUT2D eigenvalue weighted by Crippen LogP contribution is -2.33. The molecule has 0 bridgehead atoms. The highest BCUT2D eigenvalue weighted by Crippen LogP contribution is 2.18. The Morgan fingerprint density at radius 3 is 2.52 bits per heavy atom. The zero-order valence-electron chi connectivity index (χ0n) is 16.0. The van der Waals surface area contributed by atoms with Gasteiger partial charge in [-0.2, -0.15) is 0 Å². The molecule has 6 heteroatoms. The molecule has 0 aliphatic heterocycles. The number of ketones is 1. The summed E-state index contributed by atoms with van der Waals surface area (Å²) in [7, 11) is 0. The van der Waals surface area contributed by atoms with Crippen molar-refractivity contribution in [3.63, 3.8) is 0 Å². The molecular weight excluding hydrogens is 344 g/mol. The molecule has 0 atom stereocenters. The van der Waals surface area contributed by atoms with Gasteiger partial charge < -0.3 is 14.8 Å². The van der Waals surface area contributed by atoms with Crippen LogP contribution in [-0.4, -0.2) is 29.0 Å². The molecular formula is C21H26N2O4. The van der Waals surface area contributed by atoms with Crippen molar-refractivity contribution >= 4 is 11.9 Å². The van der Waals surface area contributed by atoms with Crippen LogP contribution < -0.4 is 10.1 Å². The number of nitrogens with one attached hydrogen (secondary N) is 1. The van der Waals surface area contributed by atoms with Crippen molar-refractivity contribution in [3.05, 3.63) is 59.8 Å². The number of carbonyl (C=O) groups is 2. The Balaban J connectivity index is 1.83. The summed E-state index contributed by atoms with van der Waals surface area (Å²) in [6, 6.07) is 13.1. The second-order valence-electron chi connectivity index (χ2n) is 7.09. The van der Waals surface area contributed by atoms with Crippen LogP contribution in [0, 0.1) is 0 Å². The molecule has 0 aliphatic rings. The number of ether oxygens (including phenoxy) is 2. The molecule has 1 aromatic heterocycles. The highest BCUT2D eigenvalue weighted by atomic mass is 16.6. The van der Waals surface area contributed by atoms with Gasteiger partial charge in [-0.05, 0) is 44.9 Å². The van der Waals surface area contributed by atoms with Gasteiger partial charge >= 0.3 is 6.09 Å². The fourth-order valence-corrected chi connectivity index (χ4v) is 2.33. The summed E-state index contributed by atoms with van der Waals surface area (Å²) >= 11 is 0. The number of carbonyl (C=O) groups excluding carboxylic acids is 2. The lowest BCUT2D eigenvalue weighted by molar-refractivity contribution is 0.0525. The molecule has 1 N–H and O–H groups in total. The predicted octanol–water partition coefficient (Wildman–Crippen LogP) is 4.15. The SMILES string of the molecule is CC(C)(C)OC(=O)NCCCC(=O)c1cccnc1OCc1ccccc1. The Labute approximate surface area is 159 Å². The molecule has 0 fully saturated rings. The highest BCUT2D eigenvalue weighted by Gasteiger charge is 2.16. The van der Waals surface area contributed by atoms with Crippen LogP contribution >= 0.6 is 0 Å². The largest absolute Gasteiger partial charge is 0.472 e. The fraction of sp³-hybridized carbons (Fsp3) is 0.381. The molecule has 0 spiro atoms. The molecule has 6 nitrogen and oxygen atoms in total.